The second-order valence-corrected chi connectivity index (χ2v) is 4.33. The molecule has 1 aromatic carbocycles. The lowest BCUT2D eigenvalue weighted by Gasteiger charge is -2.19. The predicted octanol–water partition coefficient (Wildman–Crippen LogP) is 2.89. The Balaban J connectivity index is 3.17. The molecule has 0 aromatic heterocycles. The average molecular weight is 213 g/mol. The highest BCUT2D eigenvalue weighted by Gasteiger charge is 2.15. The van der Waals surface area contributed by atoms with Gasteiger partial charge in [0.1, 0.15) is 0 Å². The Labute approximate surface area is 90.2 Å². The number of rotatable bonds is 2. The van der Waals surface area contributed by atoms with Crippen LogP contribution in [0.25, 0.3) is 0 Å². The van der Waals surface area contributed by atoms with Crippen LogP contribution < -0.4 is 11.5 Å². The highest BCUT2D eigenvalue weighted by Crippen LogP contribution is 2.31. The summed E-state index contributed by atoms with van der Waals surface area (Å²) in [4.78, 5) is 0. The molecule has 1 rings (SSSR count). The number of benzene rings is 1. The molecule has 0 spiro atoms. The Hall–Kier alpha value is -0.730. The predicted molar refractivity (Wildman–Crippen MR) is 62.4 cm³/mol. The number of halogens is 1. The molecule has 1 aromatic rings. The minimum Gasteiger partial charge on any atom is -0.398 e. The average Bonchev–Trinajstić information content (AvgIpc) is 2.13. The van der Waals surface area contributed by atoms with Crippen molar-refractivity contribution in [3.8, 4) is 0 Å². The molecule has 4 N–H and O–H groups in total. The topological polar surface area (TPSA) is 52.0 Å². The maximum Gasteiger partial charge on any atom is 0.0503 e. The fourth-order valence-electron chi connectivity index (χ4n) is 1.34. The van der Waals surface area contributed by atoms with Crippen LogP contribution in [0.2, 0.25) is 5.02 Å². The number of hydrogen-bond acceptors (Lipinski definition) is 2. The van der Waals surface area contributed by atoms with Crippen LogP contribution in [0.15, 0.2) is 12.1 Å². The third kappa shape index (κ3) is 2.02. The van der Waals surface area contributed by atoms with E-state index in [1.807, 2.05) is 19.1 Å². The van der Waals surface area contributed by atoms with E-state index in [0.717, 1.165) is 16.8 Å². The van der Waals surface area contributed by atoms with Gasteiger partial charge >= 0.3 is 0 Å². The summed E-state index contributed by atoms with van der Waals surface area (Å²) in [6.45, 7) is 6.06. The third-order valence-electron chi connectivity index (χ3n) is 2.54. The largest absolute Gasteiger partial charge is 0.398 e. The van der Waals surface area contributed by atoms with Crippen LogP contribution in [0.5, 0.6) is 0 Å². The second kappa shape index (κ2) is 4.20. The summed E-state index contributed by atoms with van der Waals surface area (Å²) in [5.74, 6) is 0.371. The van der Waals surface area contributed by atoms with E-state index in [-0.39, 0.29) is 6.04 Å². The highest BCUT2D eigenvalue weighted by atomic mass is 35.5. The minimum absolute atomic E-state index is 0.0261. The summed E-state index contributed by atoms with van der Waals surface area (Å²) in [6.07, 6.45) is 0. The van der Waals surface area contributed by atoms with E-state index in [2.05, 4.69) is 13.8 Å². The van der Waals surface area contributed by atoms with Gasteiger partial charge in [-0.2, -0.15) is 0 Å². The second-order valence-electron chi connectivity index (χ2n) is 3.95. The van der Waals surface area contributed by atoms with E-state index < -0.39 is 0 Å². The summed E-state index contributed by atoms with van der Waals surface area (Å²) in [5, 5.41) is 0.700. The van der Waals surface area contributed by atoms with Crippen molar-refractivity contribution in [2.45, 2.75) is 26.8 Å². The Kier molecular flexibility index (Phi) is 3.40. The van der Waals surface area contributed by atoms with E-state index >= 15 is 0 Å². The Morgan fingerprint density at radius 2 is 1.86 bits per heavy atom. The van der Waals surface area contributed by atoms with Crippen LogP contribution in [-0.2, 0) is 0 Å². The van der Waals surface area contributed by atoms with Crippen molar-refractivity contribution >= 4 is 17.3 Å². The molecule has 0 fully saturated rings. The molecule has 0 heterocycles. The van der Waals surface area contributed by atoms with Gasteiger partial charge in [-0.15, -0.1) is 0 Å². The molecule has 14 heavy (non-hydrogen) atoms. The fraction of sp³-hybridized carbons (Fsp3) is 0.455. The lowest BCUT2D eigenvalue weighted by atomic mass is 9.95. The first kappa shape index (κ1) is 11.3. The molecule has 1 atom stereocenters. The van der Waals surface area contributed by atoms with Crippen molar-refractivity contribution < 1.29 is 0 Å². The summed E-state index contributed by atoms with van der Waals surface area (Å²) in [5.41, 5.74) is 14.4. The lowest BCUT2D eigenvalue weighted by molar-refractivity contribution is 0.514. The number of nitrogen functional groups attached to an aromatic ring is 1. The fourth-order valence-corrected chi connectivity index (χ4v) is 1.64. The van der Waals surface area contributed by atoms with Crippen molar-refractivity contribution in [1.82, 2.24) is 0 Å². The van der Waals surface area contributed by atoms with Crippen LogP contribution in [-0.4, -0.2) is 0 Å². The summed E-state index contributed by atoms with van der Waals surface area (Å²) in [7, 11) is 0. The van der Waals surface area contributed by atoms with Gasteiger partial charge in [0, 0.05) is 11.7 Å². The third-order valence-corrected chi connectivity index (χ3v) is 3.04. The first-order chi connectivity index (χ1) is 6.45. The maximum absolute atomic E-state index is 6.18. The van der Waals surface area contributed by atoms with Gasteiger partial charge in [-0.05, 0) is 30.0 Å². The maximum atomic E-state index is 6.18. The highest BCUT2D eigenvalue weighted by molar-refractivity contribution is 6.32. The monoisotopic (exact) mass is 212 g/mol. The molecule has 2 nitrogen and oxygen atoms in total. The van der Waals surface area contributed by atoms with E-state index in [4.69, 9.17) is 23.1 Å². The summed E-state index contributed by atoms with van der Waals surface area (Å²) in [6, 6.07) is 3.75. The molecule has 0 radical (unpaired) electrons. The number of hydrogen-bond donors (Lipinski definition) is 2. The number of anilines is 1. The normalized spacial score (nSPS) is 13.3. The molecular weight excluding hydrogens is 196 g/mol. The zero-order valence-electron chi connectivity index (χ0n) is 8.84. The molecule has 0 saturated carbocycles. The lowest BCUT2D eigenvalue weighted by Crippen LogP contribution is -2.17. The Bertz CT molecular complexity index is 334. The molecular formula is C11H17ClN2. The molecule has 0 aliphatic rings. The van der Waals surface area contributed by atoms with Crippen molar-refractivity contribution in [3.05, 3.63) is 28.3 Å². The van der Waals surface area contributed by atoms with Gasteiger partial charge in [-0.1, -0.05) is 31.5 Å². The van der Waals surface area contributed by atoms with Crippen molar-refractivity contribution in [2.24, 2.45) is 11.7 Å². The molecule has 0 aliphatic carbocycles. The van der Waals surface area contributed by atoms with Crippen molar-refractivity contribution in [3.63, 3.8) is 0 Å². The van der Waals surface area contributed by atoms with Crippen LogP contribution in [0.4, 0.5) is 5.69 Å². The van der Waals surface area contributed by atoms with Crippen LogP contribution in [0, 0.1) is 12.8 Å². The quantitative estimate of drug-likeness (QED) is 0.741. The van der Waals surface area contributed by atoms with Crippen molar-refractivity contribution in [2.75, 3.05) is 5.73 Å². The molecule has 78 valence electrons. The Morgan fingerprint density at radius 1 is 1.29 bits per heavy atom. The van der Waals surface area contributed by atoms with Gasteiger partial charge in [0.25, 0.3) is 0 Å². The molecule has 3 heteroatoms. The zero-order valence-corrected chi connectivity index (χ0v) is 9.60. The first-order valence-corrected chi connectivity index (χ1v) is 5.13. The standard InChI is InChI=1S/C11H17ClN2/c1-6(2)11(14)8-4-5-9(13)7(3)10(8)12/h4-6,11H,13-14H2,1-3H3. The van der Waals surface area contributed by atoms with Crippen LogP contribution in [0.3, 0.4) is 0 Å². The van der Waals surface area contributed by atoms with E-state index in [9.17, 15) is 0 Å². The smallest absolute Gasteiger partial charge is 0.0503 e. The van der Waals surface area contributed by atoms with Gasteiger partial charge in [0.2, 0.25) is 0 Å². The molecule has 0 bridgehead atoms. The van der Waals surface area contributed by atoms with Gasteiger partial charge in [-0.3, -0.25) is 0 Å². The zero-order chi connectivity index (χ0) is 10.9. The van der Waals surface area contributed by atoms with Gasteiger partial charge in [-0.25, -0.2) is 0 Å². The summed E-state index contributed by atoms with van der Waals surface area (Å²) >= 11 is 6.18. The van der Waals surface area contributed by atoms with E-state index in [1.165, 1.54) is 0 Å². The molecule has 1 unspecified atom stereocenters. The first-order valence-electron chi connectivity index (χ1n) is 4.75. The van der Waals surface area contributed by atoms with Crippen molar-refractivity contribution in [1.29, 1.82) is 0 Å². The van der Waals surface area contributed by atoms with Crippen LogP contribution in [0.1, 0.15) is 31.0 Å². The molecule has 0 aliphatic heterocycles. The minimum atomic E-state index is -0.0261. The van der Waals surface area contributed by atoms with Gasteiger partial charge < -0.3 is 11.5 Å². The number of nitrogens with two attached hydrogens (primary N) is 2. The molecule has 0 saturated heterocycles. The van der Waals surface area contributed by atoms with Gasteiger partial charge in [0.15, 0.2) is 0 Å². The Morgan fingerprint density at radius 3 is 2.36 bits per heavy atom. The van der Waals surface area contributed by atoms with Crippen LogP contribution >= 0.6 is 11.6 Å². The summed E-state index contributed by atoms with van der Waals surface area (Å²) < 4.78 is 0. The molecule has 0 amide bonds. The van der Waals surface area contributed by atoms with Gasteiger partial charge in [0.05, 0.1) is 5.02 Å². The SMILES string of the molecule is Cc1c(N)ccc(C(N)C(C)C)c1Cl. The van der Waals surface area contributed by atoms with E-state index in [1.54, 1.807) is 0 Å². The van der Waals surface area contributed by atoms with E-state index in [0.29, 0.717) is 10.9 Å².